The van der Waals surface area contributed by atoms with E-state index < -0.39 is 17.6 Å². The molecule has 2 aliphatic rings. The van der Waals surface area contributed by atoms with Gasteiger partial charge in [-0.25, -0.2) is 14.3 Å². The monoisotopic (exact) mass is 414 g/mol. The Kier molecular flexibility index (Phi) is 4.93. The van der Waals surface area contributed by atoms with Crippen LogP contribution < -0.4 is 10.2 Å². The highest BCUT2D eigenvalue weighted by Gasteiger charge is 2.33. The number of aliphatic hydroxyl groups excluding tert-OH is 1. The average molecular weight is 414 g/mol. The lowest BCUT2D eigenvalue weighted by molar-refractivity contribution is -0.114. The molecule has 2 N–H and O–H groups in total. The third kappa shape index (κ3) is 3.60. The number of ether oxygens (including phenoxy) is 2. The van der Waals surface area contributed by atoms with Crippen molar-refractivity contribution in [3.63, 3.8) is 0 Å². The van der Waals surface area contributed by atoms with Crippen LogP contribution in [0.5, 0.6) is 0 Å². The van der Waals surface area contributed by atoms with Crippen molar-refractivity contribution >= 4 is 34.3 Å². The average Bonchev–Trinajstić information content (AvgIpc) is 3.21. The number of amides is 1. The van der Waals surface area contributed by atoms with Gasteiger partial charge in [0.2, 0.25) is 0 Å². The van der Waals surface area contributed by atoms with Crippen LogP contribution in [0.2, 0.25) is 0 Å². The summed E-state index contributed by atoms with van der Waals surface area (Å²) in [7, 11) is 0. The summed E-state index contributed by atoms with van der Waals surface area (Å²) in [5.74, 6) is -0.543. The first-order valence-electron chi connectivity index (χ1n) is 9.95. The van der Waals surface area contributed by atoms with Crippen molar-refractivity contribution in [1.82, 2.24) is 14.9 Å². The highest BCUT2D eigenvalue weighted by atomic mass is 16.6. The van der Waals surface area contributed by atoms with Gasteiger partial charge >= 0.3 is 6.09 Å². The van der Waals surface area contributed by atoms with E-state index in [9.17, 15) is 14.7 Å². The molecule has 3 heterocycles. The Morgan fingerprint density at radius 1 is 1.27 bits per heavy atom. The van der Waals surface area contributed by atoms with Gasteiger partial charge in [0.1, 0.15) is 16.9 Å². The molecule has 0 saturated carbocycles. The quantitative estimate of drug-likeness (QED) is 0.777. The Labute approximate surface area is 174 Å². The minimum Gasteiger partial charge on any atom is -0.509 e. The van der Waals surface area contributed by atoms with Crippen molar-refractivity contribution in [2.24, 2.45) is 0 Å². The maximum Gasteiger partial charge on any atom is 0.420 e. The summed E-state index contributed by atoms with van der Waals surface area (Å²) in [6.07, 6.45) is -0.654. The summed E-state index contributed by atoms with van der Waals surface area (Å²) < 4.78 is 12.3. The zero-order valence-corrected chi connectivity index (χ0v) is 17.6. The number of carbonyl (C=O) groups is 2. The molecule has 4 rings (SSSR count). The number of fused-ring (bicyclic) bond motifs is 1. The number of morpholine rings is 1. The molecule has 0 unspecified atom stereocenters. The first-order chi connectivity index (χ1) is 14.2. The number of carbonyl (C=O) groups excluding carboxylic acids is 2. The molecular formula is C21H26N4O5. The SMILES string of the molecule is Cc1cc(N2CCOCC2)cc2c1nc(C1=C(O)CNC1=O)n2C(=O)OC(C)(C)C. The first-order valence-corrected chi connectivity index (χ1v) is 9.95. The largest absolute Gasteiger partial charge is 0.509 e. The number of anilines is 1. The van der Waals surface area contributed by atoms with Crippen LogP contribution in [0.1, 0.15) is 32.2 Å². The van der Waals surface area contributed by atoms with Gasteiger partial charge < -0.3 is 24.8 Å². The number of nitrogens with zero attached hydrogens (tertiary/aromatic N) is 3. The second kappa shape index (κ2) is 7.32. The van der Waals surface area contributed by atoms with Crippen molar-refractivity contribution < 1.29 is 24.2 Å². The molecule has 1 saturated heterocycles. The Balaban J connectivity index is 1.93. The number of hydrogen-bond acceptors (Lipinski definition) is 7. The number of aromatic nitrogens is 2. The number of aliphatic hydroxyl groups is 1. The van der Waals surface area contributed by atoms with Gasteiger partial charge in [-0.15, -0.1) is 0 Å². The van der Waals surface area contributed by atoms with E-state index in [0.29, 0.717) is 24.2 Å². The van der Waals surface area contributed by atoms with E-state index in [2.05, 4.69) is 15.2 Å². The maximum atomic E-state index is 13.2. The third-order valence-corrected chi connectivity index (χ3v) is 5.04. The number of benzene rings is 1. The van der Waals surface area contributed by atoms with Crippen LogP contribution in [0.4, 0.5) is 10.5 Å². The third-order valence-electron chi connectivity index (χ3n) is 5.04. The molecule has 1 aromatic carbocycles. The lowest BCUT2D eigenvalue weighted by Crippen LogP contribution is -2.36. The van der Waals surface area contributed by atoms with E-state index in [1.165, 1.54) is 4.57 Å². The van der Waals surface area contributed by atoms with Gasteiger partial charge in [0, 0.05) is 18.8 Å². The molecule has 0 spiro atoms. The topological polar surface area (TPSA) is 106 Å². The summed E-state index contributed by atoms with van der Waals surface area (Å²) in [5, 5.41) is 12.8. The standard InChI is InChI=1S/C21H26N4O5/c1-12-9-13(24-5-7-29-8-6-24)10-14-17(12)23-18(16-15(26)11-22-19(16)27)25(14)20(28)30-21(2,3)4/h9-10,26H,5-8,11H2,1-4H3,(H,22,27). The van der Waals surface area contributed by atoms with E-state index >= 15 is 0 Å². The Morgan fingerprint density at radius 2 is 1.97 bits per heavy atom. The molecular weight excluding hydrogens is 388 g/mol. The molecule has 1 amide bonds. The molecule has 2 aromatic rings. The summed E-state index contributed by atoms with van der Waals surface area (Å²) in [6.45, 7) is 9.98. The van der Waals surface area contributed by atoms with E-state index in [-0.39, 0.29) is 23.7 Å². The van der Waals surface area contributed by atoms with Crippen molar-refractivity contribution in [2.75, 3.05) is 37.7 Å². The van der Waals surface area contributed by atoms with Crippen LogP contribution in [-0.2, 0) is 14.3 Å². The van der Waals surface area contributed by atoms with Gasteiger partial charge in [0.05, 0.1) is 30.8 Å². The Hall–Kier alpha value is -3.07. The number of aryl methyl sites for hydroxylation is 1. The number of rotatable bonds is 2. The predicted octanol–water partition coefficient (Wildman–Crippen LogP) is 2.36. The van der Waals surface area contributed by atoms with Crippen LogP contribution >= 0.6 is 0 Å². The van der Waals surface area contributed by atoms with Crippen molar-refractivity contribution in [2.45, 2.75) is 33.3 Å². The highest BCUT2D eigenvalue weighted by molar-refractivity contribution is 6.22. The maximum absolute atomic E-state index is 13.2. The second-order valence-corrected chi connectivity index (χ2v) is 8.49. The molecule has 0 radical (unpaired) electrons. The van der Waals surface area contributed by atoms with Gasteiger partial charge in [0.25, 0.3) is 5.91 Å². The number of nitrogens with one attached hydrogen (secondary N) is 1. The summed E-state index contributed by atoms with van der Waals surface area (Å²) in [6, 6.07) is 3.88. The predicted molar refractivity (Wildman–Crippen MR) is 112 cm³/mol. The van der Waals surface area contributed by atoms with Crippen LogP contribution in [0.3, 0.4) is 0 Å². The van der Waals surface area contributed by atoms with Crippen molar-refractivity contribution in [1.29, 1.82) is 0 Å². The summed E-state index contributed by atoms with van der Waals surface area (Å²) in [5.41, 5.74) is 2.15. The highest BCUT2D eigenvalue weighted by Crippen LogP contribution is 2.32. The molecule has 160 valence electrons. The zero-order chi connectivity index (χ0) is 21.6. The minimum atomic E-state index is -0.740. The fraction of sp³-hybridized carbons (Fsp3) is 0.476. The van der Waals surface area contributed by atoms with Crippen molar-refractivity contribution in [3.05, 3.63) is 29.3 Å². The van der Waals surface area contributed by atoms with Gasteiger partial charge in [-0.1, -0.05) is 0 Å². The van der Waals surface area contributed by atoms with Gasteiger partial charge in [-0.3, -0.25) is 4.79 Å². The number of hydrogen-bond donors (Lipinski definition) is 2. The van der Waals surface area contributed by atoms with Crippen LogP contribution in [0.15, 0.2) is 17.9 Å². The van der Waals surface area contributed by atoms with E-state index in [0.717, 1.165) is 24.3 Å². The lowest BCUT2D eigenvalue weighted by atomic mass is 10.1. The molecule has 9 heteroatoms. The normalized spacial score (nSPS) is 17.6. The summed E-state index contributed by atoms with van der Waals surface area (Å²) in [4.78, 5) is 32.3. The molecule has 9 nitrogen and oxygen atoms in total. The van der Waals surface area contributed by atoms with Gasteiger partial charge in [-0.05, 0) is 45.4 Å². The molecule has 1 aromatic heterocycles. The minimum absolute atomic E-state index is 0.00367. The van der Waals surface area contributed by atoms with E-state index in [4.69, 9.17) is 9.47 Å². The van der Waals surface area contributed by atoms with Crippen LogP contribution in [-0.4, -0.2) is 65.1 Å². The van der Waals surface area contributed by atoms with Crippen LogP contribution in [0, 0.1) is 6.92 Å². The van der Waals surface area contributed by atoms with Crippen molar-refractivity contribution in [3.8, 4) is 0 Å². The smallest absolute Gasteiger partial charge is 0.420 e. The van der Waals surface area contributed by atoms with Crippen LogP contribution in [0.25, 0.3) is 16.6 Å². The van der Waals surface area contributed by atoms with Gasteiger partial charge in [0.15, 0.2) is 5.82 Å². The first kappa shape index (κ1) is 20.2. The fourth-order valence-corrected chi connectivity index (χ4v) is 3.69. The molecule has 0 aliphatic carbocycles. The number of imidazole rings is 1. The fourth-order valence-electron chi connectivity index (χ4n) is 3.69. The molecule has 1 fully saturated rings. The second-order valence-electron chi connectivity index (χ2n) is 8.49. The van der Waals surface area contributed by atoms with Gasteiger partial charge in [-0.2, -0.15) is 0 Å². The summed E-state index contributed by atoms with van der Waals surface area (Å²) >= 11 is 0. The molecule has 30 heavy (non-hydrogen) atoms. The molecule has 0 atom stereocenters. The Morgan fingerprint density at radius 3 is 2.57 bits per heavy atom. The van der Waals surface area contributed by atoms with E-state index in [1.54, 1.807) is 20.8 Å². The molecule has 2 aliphatic heterocycles. The van der Waals surface area contributed by atoms with E-state index in [1.807, 2.05) is 19.1 Å². The lowest BCUT2D eigenvalue weighted by Gasteiger charge is -2.29. The zero-order valence-electron chi connectivity index (χ0n) is 17.6. The molecule has 0 bridgehead atoms. The Bertz CT molecular complexity index is 1060.